The van der Waals surface area contributed by atoms with Gasteiger partial charge in [0.25, 0.3) is 0 Å². The summed E-state index contributed by atoms with van der Waals surface area (Å²) in [6, 6.07) is 0. The maximum absolute atomic E-state index is 12.6. The molecule has 0 aromatic rings. The maximum atomic E-state index is 12.6. The molecule has 4 aliphatic rings. The fourth-order valence-electron chi connectivity index (χ4n) is 8.56. The standard InChI is InChI=1S/C29H46O3/c1-18(2)19(3)7-8-20(4)23-9-10-24-22-12-16-29(26(31)32)17-21(30)11-15-28(29,6)25(22)13-14-27(23,24)5/h7-8,12,18-21,23-25,30H,9-11,13-17H2,1-6H3,(H,31,32)/b8-7+/t19-,20+,21-,23+,24-,25?,27+,28+,29-/m0/s1. The van der Waals surface area contributed by atoms with E-state index in [1.54, 1.807) is 5.57 Å². The Morgan fingerprint density at radius 3 is 2.41 bits per heavy atom. The zero-order valence-corrected chi connectivity index (χ0v) is 21.2. The lowest BCUT2D eigenvalue weighted by atomic mass is 9.42. The van der Waals surface area contributed by atoms with Gasteiger partial charge in [0.1, 0.15) is 0 Å². The van der Waals surface area contributed by atoms with Crippen molar-refractivity contribution in [2.45, 2.75) is 99.0 Å². The van der Waals surface area contributed by atoms with E-state index in [1.807, 2.05) is 0 Å². The predicted octanol–water partition coefficient (Wildman–Crippen LogP) is 6.87. The maximum Gasteiger partial charge on any atom is 0.310 e. The van der Waals surface area contributed by atoms with Gasteiger partial charge < -0.3 is 10.2 Å². The molecule has 3 saturated carbocycles. The van der Waals surface area contributed by atoms with Crippen LogP contribution in [-0.4, -0.2) is 22.3 Å². The van der Waals surface area contributed by atoms with Crippen LogP contribution in [0.1, 0.15) is 92.9 Å². The molecule has 0 amide bonds. The van der Waals surface area contributed by atoms with Crippen molar-refractivity contribution in [1.82, 2.24) is 0 Å². The number of aliphatic hydroxyl groups is 1. The molecule has 3 heteroatoms. The Labute approximate surface area is 195 Å². The zero-order chi connectivity index (χ0) is 23.5. The van der Waals surface area contributed by atoms with E-state index >= 15 is 0 Å². The van der Waals surface area contributed by atoms with Gasteiger partial charge in [-0.25, -0.2) is 0 Å². The molecule has 32 heavy (non-hydrogen) atoms. The number of carboxylic acids is 1. The van der Waals surface area contributed by atoms with E-state index in [4.69, 9.17) is 0 Å². The molecule has 3 nitrogen and oxygen atoms in total. The van der Waals surface area contributed by atoms with Crippen molar-refractivity contribution < 1.29 is 15.0 Å². The molecular weight excluding hydrogens is 396 g/mol. The summed E-state index contributed by atoms with van der Waals surface area (Å²) < 4.78 is 0. The Morgan fingerprint density at radius 1 is 1.03 bits per heavy atom. The lowest BCUT2D eigenvalue weighted by molar-refractivity contribution is -0.176. The van der Waals surface area contributed by atoms with Crippen LogP contribution in [0.2, 0.25) is 0 Å². The number of hydrogen-bond acceptors (Lipinski definition) is 2. The Morgan fingerprint density at radius 2 is 1.75 bits per heavy atom. The highest BCUT2D eigenvalue weighted by Crippen LogP contribution is 2.69. The van der Waals surface area contributed by atoms with E-state index in [0.717, 1.165) is 19.3 Å². The first-order valence-electron chi connectivity index (χ1n) is 13.3. The average Bonchev–Trinajstić information content (AvgIpc) is 3.09. The quantitative estimate of drug-likeness (QED) is 0.457. The van der Waals surface area contributed by atoms with Crippen LogP contribution in [-0.2, 0) is 4.79 Å². The Hall–Kier alpha value is -1.09. The summed E-state index contributed by atoms with van der Waals surface area (Å²) in [6.07, 6.45) is 14.2. The van der Waals surface area contributed by atoms with Crippen LogP contribution in [0.5, 0.6) is 0 Å². The van der Waals surface area contributed by atoms with Crippen LogP contribution in [0.4, 0.5) is 0 Å². The lowest BCUT2D eigenvalue weighted by Gasteiger charge is -2.61. The van der Waals surface area contributed by atoms with Gasteiger partial charge in [0, 0.05) is 0 Å². The summed E-state index contributed by atoms with van der Waals surface area (Å²) in [6.45, 7) is 14.1. The second-order valence-electron chi connectivity index (χ2n) is 12.8. The normalized spacial score (nSPS) is 45.7. The zero-order valence-electron chi connectivity index (χ0n) is 21.2. The number of carboxylic acid groups (broad SMARTS) is 1. The SMILES string of the molecule is CC(C)[C@@H](C)/C=C/[C@@H](C)[C@H]1CC[C@H]2C3=CC[C@@]4(C(=O)O)C[C@@H](O)CC[C@]4(C)C3CC[C@]12C. The van der Waals surface area contributed by atoms with Crippen LogP contribution in [0, 0.1) is 51.8 Å². The molecule has 4 rings (SSSR count). The summed E-state index contributed by atoms with van der Waals surface area (Å²) in [4.78, 5) is 12.6. The molecule has 9 atom stereocenters. The summed E-state index contributed by atoms with van der Waals surface area (Å²) >= 11 is 0. The smallest absolute Gasteiger partial charge is 0.310 e. The van der Waals surface area contributed by atoms with E-state index < -0.39 is 17.5 Å². The molecule has 0 aliphatic heterocycles. The number of hydrogen-bond donors (Lipinski definition) is 2. The third-order valence-electron chi connectivity index (χ3n) is 11.1. The minimum absolute atomic E-state index is 0.236. The predicted molar refractivity (Wildman–Crippen MR) is 130 cm³/mol. The third kappa shape index (κ3) is 3.44. The van der Waals surface area contributed by atoms with Crippen molar-refractivity contribution in [1.29, 1.82) is 0 Å². The fourth-order valence-corrected chi connectivity index (χ4v) is 8.56. The van der Waals surface area contributed by atoms with Crippen molar-refractivity contribution in [3.63, 3.8) is 0 Å². The molecule has 3 fully saturated rings. The molecule has 0 aromatic heterocycles. The van der Waals surface area contributed by atoms with Crippen LogP contribution in [0.3, 0.4) is 0 Å². The molecule has 180 valence electrons. The number of aliphatic hydroxyl groups excluding tert-OH is 1. The van der Waals surface area contributed by atoms with Crippen molar-refractivity contribution in [2.75, 3.05) is 0 Å². The van der Waals surface area contributed by atoms with E-state index in [1.165, 1.54) is 19.3 Å². The van der Waals surface area contributed by atoms with Crippen LogP contribution in [0.15, 0.2) is 23.8 Å². The first kappa shape index (κ1) is 24.0. The van der Waals surface area contributed by atoms with Crippen molar-refractivity contribution >= 4 is 5.97 Å². The van der Waals surface area contributed by atoms with E-state index in [-0.39, 0.29) is 5.41 Å². The number of fused-ring (bicyclic) bond motifs is 5. The Kier molecular flexibility index (Phi) is 6.23. The monoisotopic (exact) mass is 442 g/mol. The van der Waals surface area contributed by atoms with Crippen molar-refractivity contribution in [3.8, 4) is 0 Å². The summed E-state index contributed by atoms with van der Waals surface area (Å²) in [5.41, 5.74) is 0.873. The van der Waals surface area contributed by atoms with Crippen LogP contribution in [0.25, 0.3) is 0 Å². The van der Waals surface area contributed by atoms with Gasteiger partial charge in [0.05, 0.1) is 11.5 Å². The fraction of sp³-hybridized carbons (Fsp3) is 0.828. The van der Waals surface area contributed by atoms with Gasteiger partial charge in [0.15, 0.2) is 0 Å². The molecule has 2 N–H and O–H groups in total. The largest absolute Gasteiger partial charge is 0.481 e. The number of carbonyl (C=O) groups is 1. The molecule has 4 aliphatic carbocycles. The molecule has 0 saturated heterocycles. The first-order valence-corrected chi connectivity index (χ1v) is 13.3. The summed E-state index contributed by atoms with van der Waals surface area (Å²) in [7, 11) is 0. The minimum atomic E-state index is -0.798. The summed E-state index contributed by atoms with van der Waals surface area (Å²) in [5, 5.41) is 20.7. The van der Waals surface area contributed by atoms with E-state index in [2.05, 4.69) is 59.8 Å². The van der Waals surface area contributed by atoms with Crippen LogP contribution >= 0.6 is 0 Å². The second-order valence-corrected chi connectivity index (χ2v) is 12.8. The van der Waals surface area contributed by atoms with Gasteiger partial charge in [-0.05, 0) is 97.7 Å². The number of aliphatic carboxylic acids is 1. The van der Waals surface area contributed by atoms with Crippen molar-refractivity contribution in [2.24, 2.45) is 51.8 Å². The van der Waals surface area contributed by atoms with Gasteiger partial charge in [-0.2, -0.15) is 0 Å². The van der Waals surface area contributed by atoms with Gasteiger partial charge in [-0.3, -0.25) is 4.79 Å². The van der Waals surface area contributed by atoms with E-state index in [9.17, 15) is 15.0 Å². The lowest BCUT2D eigenvalue weighted by Crippen LogP contribution is -2.59. The second kappa shape index (κ2) is 8.29. The highest BCUT2D eigenvalue weighted by Gasteiger charge is 2.65. The molecule has 0 spiro atoms. The number of rotatable bonds is 5. The first-order chi connectivity index (χ1) is 15.0. The topological polar surface area (TPSA) is 57.5 Å². The van der Waals surface area contributed by atoms with Gasteiger partial charge in [-0.1, -0.05) is 65.3 Å². The van der Waals surface area contributed by atoms with Gasteiger partial charge in [0.2, 0.25) is 0 Å². The number of allylic oxidation sites excluding steroid dienone is 4. The minimum Gasteiger partial charge on any atom is -0.481 e. The van der Waals surface area contributed by atoms with Gasteiger partial charge >= 0.3 is 5.97 Å². The molecular formula is C29H46O3. The molecule has 0 bridgehead atoms. The molecule has 0 aromatic carbocycles. The average molecular weight is 443 g/mol. The van der Waals surface area contributed by atoms with Gasteiger partial charge in [-0.15, -0.1) is 0 Å². The summed E-state index contributed by atoms with van der Waals surface area (Å²) in [5.74, 6) is 2.86. The Balaban J connectivity index is 1.62. The third-order valence-corrected chi connectivity index (χ3v) is 11.1. The highest BCUT2D eigenvalue weighted by molar-refractivity contribution is 5.77. The Bertz CT molecular complexity index is 796. The highest BCUT2D eigenvalue weighted by atomic mass is 16.4. The molecule has 1 unspecified atom stereocenters. The van der Waals surface area contributed by atoms with E-state index in [0.29, 0.717) is 53.8 Å². The van der Waals surface area contributed by atoms with Crippen LogP contribution < -0.4 is 0 Å². The van der Waals surface area contributed by atoms with Crippen molar-refractivity contribution in [3.05, 3.63) is 23.8 Å². The molecule has 0 heterocycles. The molecule has 0 radical (unpaired) electrons.